The van der Waals surface area contributed by atoms with Gasteiger partial charge in [-0.2, -0.15) is 0 Å². The Morgan fingerprint density at radius 2 is 1.34 bits per heavy atom. The van der Waals surface area contributed by atoms with Gasteiger partial charge in [-0.1, -0.05) is 0 Å². The molecule has 4 aliphatic heterocycles. The van der Waals surface area contributed by atoms with Crippen LogP contribution in [0.5, 0.6) is 23.0 Å². The van der Waals surface area contributed by atoms with E-state index in [-0.39, 0.29) is 22.6 Å². The maximum Gasteiger partial charge on any atom is 0.239 e. The first-order chi connectivity index (χ1) is 28.8. The lowest BCUT2D eigenvalue weighted by atomic mass is 9.97. The van der Waals surface area contributed by atoms with E-state index in [1.54, 1.807) is 0 Å². The molecule has 0 saturated carbocycles. The van der Waals surface area contributed by atoms with Crippen molar-refractivity contribution in [2.24, 2.45) is 0 Å². The number of aromatic hydroxyl groups is 2. The molecule has 0 spiro atoms. The SMILES string of the molecule is CC1OC(OCC2OC(Oc3c(-c4ccc(O)cc4)oc4cc(OC5OC(C)C(O)C(O)C5O)cc(O)c4c3=O)C(OC3OCC(O)(CO)C3O)C(O)C2O)C(O)C(O)C1O. The summed E-state index contributed by atoms with van der Waals surface area (Å²) in [6.07, 6.45) is -28.2. The largest absolute Gasteiger partial charge is 0.508 e. The smallest absolute Gasteiger partial charge is 0.239 e. The van der Waals surface area contributed by atoms with Crippen molar-refractivity contribution in [1.82, 2.24) is 0 Å². The van der Waals surface area contributed by atoms with Crippen LogP contribution in [0.4, 0.5) is 0 Å². The number of rotatable bonds is 11. The molecule has 18 unspecified atom stereocenters. The van der Waals surface area contributed by atoms with Gasteiger partial charge in [0.2, 0.25) is 23.8 Å². The zero-order valence-corrected chi connectivity index (χ0v) is 32.3. The van der Waals surface area contributed by atoms with E-state index in [2.05, 4.69) is 0 Å². The Hall–Kier alpha value is -3.83. The molecule has 18 atom stereocenters. The van der Waals surface area contributed by atoms with Crippen LogP contribution in [0.15, 0.2) is 45.6 Å². The molecule has 4 fully saturated rings. The van der Waals surface area contributed by atoms with Crippen molar-refractivity contribution in [2.75, 3.05) is 19.8 Å². The van der Waals surface area contributed by atoms with E-state index >= 15 is 0 Å². The number of hydrogen-bond acceptors (Lipinski definition) is 23. The third-order valence-corrected chi connectivity index (χ3v) is 11.1. The molecule has 0 aliphatic carbocycles. The summed E-state index contributed by atoms with van der Waals surface area (Å²) >= 11 is 0. The molecule has 1 aromatic heterocycles. The first kappa shape index (κ1) is 45.2. The summed E-state index contributed by atoms with van der Waals surface area (Å²) in [6, 6.07) is 7.20. The number of benzene rings is 2. The highest BCUT2D eigenvalue weighted by Crippen LogP contribution is 2.40. The lowest BCUT2D eigenvalue weighted by Gasteiger charge is -2.44. The van der Waals surface area contributed by atoms with Gasteiger partial charge in [-0.05, 0) is 38.1 Å². The Labute approximate surface area is 344 Å². The minimum absolute atomic E-state index is 0.0733. The number of phenolic OH excluding ortho intramolecular Hbond substituents is 2. The molecular weight excluding hydrogens is 824 g/mol. The minimum Gasteiger partial charge on any atom is -0.508 e. The molecular formula is C38H48O23. The van der Waals surface area contributed by atoms with E-state index in [0.29, 0.717) is 0 Å². The summed E-state index contributed by atoms with van der Waals surface area (Å²) in [7, 11) is 0. The molecule has 5 heterocycles. The second-order valence-corrected chi connectivity index (χ2v) is 15.4. The summed E-state index contributed by atoms with van der Waals surface area (Å²) in [5, 5.41) is 136. The van der Waals surface area contributed by atoms with E-state index in [1.807, 2.05) is 0 Å². The second-order valence-electron chi connectivity index (χ2n) is 15.4. The second kappa shape index (κ2) is 17.7. The van der Waals surface area contributed by atoms with Gasteiger partial charge in [0.15, 0.2) is 24.4 Å². The molecule has 23 nitrogen and oxygen atoms in total. The summed E-state index contributed by atoms with van der Waals surface area (Å²) < 4.78 is 51.6. The van der Waals surface area contributed by atoms with Crippen molar-refractivity contribution in [3.05, 3.63) is 46.6 Å². The quantitative estimate of drug-likeness (QED) is 0.0864. The summed E-state index contributed by atoms with van der Waals surface area (Å²) in [4.78, 5) is 14.5. The van der Waals surface area contributed by atoms with E-state index in [4.69, 9.17) is 42.3 Å². The predicted molar refractivity (Wildman–Crippen MR) is 196 cm³/mol. The van der Waals surface area contributed by atoms with Crippen LogP contribution in [0, 0.1) is 0 Å². The van der Waals surface area contributed by atoms with Gasteiger partial charge in [0.25, 0.3) is 0 Å². The Balaban J connectivity index is 1.26. The molecule has 4 aliphatic rings. The van der Waals surface area contributed by atoms with E-state index in [1.165, 1.54) is 38.1 Å². The first-order valence-electron chi connectivity index (χ1n) is 19.1. The lowest BCUT2D eigenvalue weighted by Crippen LogP contribution is -2.63. The van der Waals surface area contributed by atoms with Gasteiger partial charge in [-0.3, -0.25) is 4.79 Å². The van der Waals surface area contributed by atoms with Gasteiger partial charge in [0.05, 0.1) is 32.0 Å². The lowest BCUT2D eigenvalue weighted by molar-refractivity contribution is -0.335. The molecule has 13 N–H and O–H groups in total. The van der Waals surface area contributed by atoms with Gasteiger partial charge >= 0.3 is 0 Å². The zero-order chi connectivity index (χ0) is 44.2. The topological polar surface area (TPSA) is 367 Å². The fourth-order valence-corrected chi connectivity index (χ4v) is 7.28. The van der Waals surface area contributed by atoms with Gasteiger partial charge in [-0.15, -0.1) is 0 Å². The van der Waals surface area contributed by atoms with Crippen LogP contribution in [-0.2, 0) is 28.4 Å². The normalized spacial score (nSPS) is 40.6. The van der Waals surface area contributed by atoms with Crippen molar-refractivity contribution < 1.29 is 109 Å². The molecule has 0 radical (unpaired) electrons. The maximum atomic E-state index is 14.5. The van der Waals surface area contributed by atoms with E-state index in [0.717, 1.165) is 12.1 Å². The summed E-state index contributed by atoms with van der Waals surface area (Å²) in [5.74, 6) is -2.31. The highest BCUT2D eigenvalue weighted by atomic mass is 16.8. The number of phenols is 2. The van der Waals surface area contributed by atoms with E-state index in [9.17, 15) is 71.2 Å². The Morgan fingerprint density at radius 1 is 0.721 bits per heavy atom. The van der Waals surface area contributed by atoms with Crippen LogP contribution in [0.1, 0.15) is 13.8 Å². The van der Waals surface area contributed by atoms with Gasteiger partial charge in [0, 0.05) is 17.7 Å². The standard InChI is InChI=1S/C38H48O23/c1-12-21(42)25(46)28(49)34(55-12)53-9-19-23(44)27(48)32(61-37-33(51)38(52,10-39)11-54-37)36(59-19)60-31-24(45)20-17(41)7-16(57-35-29(50)26(47)22(43)13(2)56-35)8-18(20)58-30(31)14-3-5-15(40)6-4-14/h3-8,12-13,19,21-23,25-29,32-37,39-44,46-52H,9-11H2,1-2H3. The molecule has 338 valence electrons. The summed E-state index contributed by atoms with van der Waals surface area (Å²) in [5.41, 5.74) is -3.56. The monoisotopic (exact) mass is 872 g/mol. The number of aliphatic hydroxyl groups is 11. The Morgan fingerprint density at radius 3 is 1.97 bits per heavy atom. The van der Waals surface area contributed by atoms with Crippen molar-refractivity contribution in [3.8, 4) is 34.3 Å². The van der Waals surface area contributed by atoms with Gasteiger partial charge < -0.3 is 109 Å². The van der Waals surface area contributed by atoms with Crippen LogP contribution in [-0.4, -0.2) is 196 Å². The highest BCUT2D eigenvalue weighted by Gasteiger charge is 2.54. The molecule has 4 saturated heterocycles. The molecule has 0 bridgehead atoms. The van der Waals surface area contributed by atoms with Crippen molar-refractivity contribution in [3.63, 3.8) is 0 Å². The minimum atomic E-state index is -2.21. The van der Waals surface area contributed by atoms with Crippen LogP contribution in [0.2, 0.25) is 0 Å². The van der Waals surface area contributed by atoms with Crippen molar-refractivity contribution >= 4 is 11.0 Å². The molecule has 7 rings (SSSR count). The van der Waals surface area contributed by atoms with Crippen molar-refractivity contribution in [1.29, 1.82) is 0 Å². The average Bonchev–Trinajstić information content (AvgIpc) is 3.52. The van der Waals surface area contributed by atoms with Crippen LogP contribution in [0.25, 0.3) is 22.3 Å². The molecule has 61 heavy (non-hydrogen) atoms. The fourth-order valence-electron chi connectivity index (χ4n) is 7.28. The van der Waals surface area contributed by atoms with Gasteiger partial charge in [0.1, 0.15) is 94.9 Å². The van der Waals surface area contributed by atoms with Crippen LogP contribution >= 0.6 is 0 Å². The third kappa shape index (κ3) is 8.63. The first-order valence-corrected chi connectivity index (χ1v) is 19.1. The maximum absolute atomic E-state index is 14.5. The van der Waals surface area contributed by atoms with Crippen LogP contribution < -0.4 is 14.9 Å². The number of fused-ring (bicyclic) bond motifs is 1. The average molecular weight is 873 g/mol. The molecule has 2 aromatic carbocycles. The predicted octanol–water partition coefficient (Wildman–Crippen LogP) is -4.43. The Bertz CT molecular complexity index is 2050. The Kier molecular flexibility index (Phi) is 13.1. The molecule has 23 heteroatoms. The van der Waals surface area contributed by atoms with Gasteiger partial charge in [-0.25, -0.2) is 0 Å². The van der Waals surface area contributed by atoms with E-state index < -0.39 is 158 Å². The third-order valence-electron chi connectivity index (χ3n) is 11.1. The number of ether oxygens (including phenoxy) is 8. The van der Waals surface area contributed by atoms with Crippen molar-refractivity contribution in [2.45, 2.75) is 124 Å². The molecule has 0 amide bonds. The fraction of sp³-hybridized carbons (Fsp3) is 0.605. The number of hydrogen-bond donors (Lipinski definition) is 13. The molecule has 3 aromatic rings. The number of aliphatic hydroxyl groups excluding tert-OH is 10. The highest BCUT2D eigenvalue weighted by molar-refractivity contribution is 5.88. The van der Waals surface area contributed by atoms with Crippen LogP contribution in [0.3, 0.4) is 0 Å². The zero-order valence-electron chi connectivity index (χ0n) is 32.3. The summed E-state index contributed by atoms with van der Waals surface area (Å²) in [6.45, 7) is 0.509.